The monoisotopic (exact) mass is 463 g/mol. The maximum Gasteiger partial charge on any atom is 0.325 e. The van der Waals surface area contributed by atoms with Gasteiger partial charge in [-0.3, -0.25) is 15.1 Å². The van der Waals surface area contributed by atoms with Gasteiger partial charge in [-0.05, 0) is 44.4 Å². The van der Waals surface area contributed by atoms with Crippen LogP contribution in [0.5, 0.6) is 0 Å². The standard InChI is InChI=1S/C19H34N3O6PS/c1-11(2)27-29(24,30)28-14-13-16(22-9-12(3)15(23)21-17(22)20)26-19(14,7-8-25-13)10-18(4,5)6/h9,11,13-14,16-17H,7-8,10,20H2,1-6H3,(H,21,23)(H,24,30)/t13?,14?,16-,17?,19-,29?/m1/s1. The number of hydrogen-bond acceptors (Lipinski definition) is 8. The number of amides is 1. The molecule has 0 aromatic carbocycles. The lowest BCUT2D eigenvalue weighted by Gasteiger charge is -2.42. The molecular formula is C19H34N3O6PS. The average molecular weight is 464 g/mol. The van der Waals surface area contributed by atoms with Crippen LogP contribution in [-0.4, -0.2) is 58.7 Å². The first-order valence-corrected chi connectivity index (χ1v) is 12.8. The fourth-order valence-corrected chi connectivity index (χ4v) is 6.40. The van der Waals surface area contributed by atoms with E-state index in [9.17, 15) is 9.69 Å². The van der Waals surface area contributed by atoms with Crippen molar-refractivity contribution in [1.82, 2.24) is 10.2 Å². The van der Waals surface area contributed by atoms with Crippen LogP contribution >= 0.6 is 6.72 Å². The van der Waals surface area contributed by atoms with Gasteiger partial charge in [0.15, 0.2) is 12.5 Å². The van der Waals surface area contributed by atoms with Gasteiger partial charge < -0.3 is 29.1 Å². The average Bonchev–Trinajstić information content (AvgIpc) is 2.71. The van der Waals surface area contributed by atoms with E-state index < -0.39 is 37.0 Å². The highest BCUT2D eigenvalue weighted by Gasteiger charge is 2.63. The topological polar surface area (TPSA) is 116 Å². The molecule has 0 radical (unpaired) electrons. The maximum absolute atomic E-state index is 12.0. The van der Waals surface area contributed by atoms with Gasteiger partial charge in [-0.25, -0.2) is 0 Å². The predicted octanol–water partition coefficient (Wildman–Crippen LogP) is 1.91. The zero-order valence-electron chi connectivity index (χ0n) is 18.5. The molecule has 0 saturated carbocycles. The Morgan fingerprint density at radius 3 is 2.77 bits per heavy atom. The summed E-state index contributed by atoms with van der Waals surface area (Å²) in [4.78, 5) is 24.4. The third-order valence-corrected chi connectivity index (χ3v) is 7.00. The van der Waals surface area contributed by atoms with Gasteiger partial charge in [0.2, 0.25) is 0 Å². The van der Waals surface area contributed by atoms with Crippen LogP contribution in [0.25, 0.3) is 0 Å². The maximum atomic E-state index is 12.0. The smallest absolute Gasteiger partial charge is 0.325 e. The largest absolute Gasteiger partial charge is 0.371 e. The summed E-state index contributed by atoms with van der Waals surface area (Å²) < 4.78 is 24.3. The lowest BCUT2D eigenvalue weighted by Crippen LogP contribution is -2.61. The van der Waals surface area contributed by atoms with Crippen LogP contribution < -0.4 is 11.1 Å². The molecule has 6 atom stereocenters. The molecule has 2 fully saturated rings. The highest BCUT2D eigenvalue weighted by Crippen LogP contribution is 2.55. The molecule has 9 nitrogen and oxygen atoms in total. The van der Waals surface area contributed by atoms with Gasteiger partial charge in [0, 0.05) is 18.2 Å². The minimum Gasteiger partial charge on any atom is -0.371 e. The number of carbonyl (C=O) groups is 1. The second-order valence-corrected chi connectivity index (χ2v) is 12.5. The molecule has 3 rings (SSSR count). The van der Waals surface area contributed by atoms with Crippen LogP contribution in [-0.2, 0) is 35.1 Å². The third kappa shape index (κ3) is 5.07. The summed E-state index contributed by atoms with van der Waals surface area (Å²) in [5, 5.41) is 2.72. The van der Waals surface area contributed by atoms with Crippen molar-refractivity contribution in [2.75, 3.05) is 6.61 Å². The van der Waals surface area contributed by atoms with E-state index in [-0.39, 0.29) is 17.4 Å². The van der Waals surface area contributed by atoms with E-state index in [1.165, 1.54) is 0 Å². The van der Waals surface area contributed by atoms with E-state index in [0.717, 1.165) is 0 Å². The summed E-state index contributed by atoms with van der Waals surface area (Å²) in [6.07, 6.45) is 0.0622. The van der Waals surface area contributed by atoms with Crippen molar-refractivity contribution in [2.24, 2.45) is 11.1 Å². The molecule has 0 aromatic heterocycles. The molecule has 4 unspecified atom stereocenters. The number of nitrogens with one attached hydrogen (secondary N) is 1. The van der Waals surface area contributed by atoms with Gasteiger partial charge in [0.05, 0.1) is 12.7 Å². The van der Waals surface area contributed by atoms with Gasteiger partial charge in [0.25, 0.3) is 5.91 Å². The second kappa shape index (κ2) is 8.41. The Hall–Kier alpha value is -0.580. The molecule has 30 heavy (non-hydrogen) atoms. The Morgan fingerprint density at radius 2 is 2.17 bits per heavy atom. The van der Waals surface area contributed by atoms with Crippen molar-refractivity contribution in [3.8, 4) is 0 Å². The molecule has 0 aromatic rings. The summed E-state index contributed by atoms with van der Waals surface area (Å²) in [5.41, 5.74) is 5.88. The lowest BCUT2D eigenvalue weighted by molar-refractivity contribution is -0.144. The lowest BCUT2D eigenvalue weighted by atomic mass is 9.76. The number of fused-ring (bicyclic) bond motifs is 2. The van der Waals surface area contributed by atoms with Crippen molar-refractivity contribution >= 4 is 24.4 Å². The summed E-state index contributed by atoms with van der Waals surface area (Å²) in [5.74, 6) is -0.228. The summed E-state index contributed by atoms with van der Waals surface area (Å²) in [6.45, 7) is 8.61. The summed E-state index contributed by atoms with van der Waals surface area (Å²) in [6, 6.07) is 0. The Labute approximate surface area is 183 Å². The van der Waals surface area contributed by atoms with E-state index in [4.69, 9.17) is 36.1 Å². The zero-order chi connectivity index (χ0) is 22.5. The number of ether oxygens (including phenoxy) is 2. The number of nitrogens with zero attached hydrogens (tertiary/aromatic N) is 1. The number of hydrogen-bond donors (Lipinski definition) is 3. The molecule has 3 heterocycles. The molecular weight excluding hydrogens is 429 g/mol. The molecule has 2 saturated heterocycles. The molecule has 4 N–H and O–H groups in total. The third-order valence-electron chi connectivity index (χ3n) is 5.30. The normalized spacial score (nSPS) is 36.5. The fourth-order valence-electron chi connectivity index (χ4n) is 4.43. The predicted molar refractivity (Wildman–Crippen MR) is 115 cm³/mol. The Kier molecular flexibility index (Phi) is 6.74. The van der Waals surface area contributed by atoms with Crippen molar-refractivity contribution in [2.45, 2.75) is 90.8 Å². The molecule has 11 heteroatoms. The molecule has 2 bridgehead atoms. The van der Waals surface area contributed by atoms with Crippen LogP contribution in [0.1, 0.15) is 54.4 Å². The molecule has 0 spiro atoms. The molecule has 1 amide bonds. The van der Waals surface area contributed by atoms with Crippen LogP contribution in [0.2, 0.25) is 0 Å². The van der Waals surface area contributed by atoms with Crippen LogP contribution in [0.15, 0.2) is 11.8 Å². The molecule has 172 valence electrons. The minimum atomic E-state index is -3.53. The highest BCUT2D eigenvalue weighted by atomic mass is 32.5. The van der Waals surface area contributed by atoms with Crippen molar-refractivity contribution in [3.63, 3.8) is 0 Å². The highest BCUT2D eigenvalue weighted by molar-refractivity contribution is 8.07. The molecule has 3 aliphatic heterocycles. The Morgan fingerprint density at radius 1 is 1.50 bits per heavy atom. The second-order valence-electron chi connectivity index (χ2n) is 9.72. The summed E-state index contributed by atoms with van der Waals surface area (Å²) >= 11 is 5.28. The zero-order valence-corrected chi connectivity index (χ0v) is 20.2. The van der Waals surface area contributed by atoms with Gasteiger partial charge in [-0.1, -0.05) is 20.8 Å². The van der Waals surface area contributed by atoms with E-state index in [0.29, 0.717) is 25.0 Å². The van der Waals surface area contributed by atoms with Crippen LogP contribution in [0, 0.1) is 5.41 Å². The number of carbonyl (C=O) groups excluding carboxylic acids is 1. The van der Waals surface area contributed by atoms with Crippen molar-refractivity contribution in [3.05, 3.63) is 11.8 Å². The first kappa shape index (κ1) is 24.1. The quantitative estimate of drug-likeness (QED) is 0.508. The minimum absolute atomic E-state index is 0.0840. The van der Waals surface area contributed by atoms with E-state index in [2.05, 4.69) is 26.1 Å². The molecule has 3 aliphatic rings. The van der Waals surface area contributed by atoms with E-state index in [1.54, 1.807) is 31.9 Å². The van der Waals surface area contributed by atoms with Gasteiger partial charge in [-0.2, -0.15) is 0 Å². The van der Waals surface area contributed by atoms with E-state index in [1.807, 2.05) is 0 Å². The number of nitrogens with two attached hydrogens (primary N) is 1. The first-order valence-electron chi connectivity index (χ1n) is 10.2. The van der Waals surface area contributed by atoms with Gasteiger partial charge >= 0.3 is 6.72 Å². The Bertz CT molecular complexity index is 757. The van der Waals surface area contributed by atoms with E-state index >= 15 is 0 Å². The first-order chi connectivity index (χ1) is 13.7. The Balaban J connectivity index is 1.97. The SMILES string of the molecule is CC1=CN([C@@H]2O[C@@]3(CC(C)(C)C)CCOC2C3OP(O)(=S)OC(C)C)C(N)NC1=O. The van der Waals surface area contributed by atoms with Crippen LogP contribution in [0.3, 0.4) is 0 Å². The van der Waals surface area contributed by atoms with Gasteiger partial charge in [-0.15, -0.1) is 0 Å². The van der Waals surface area contributed by atoms with Crippen molar-refractivity contribution < 1.29 is 28.2 Å². The van der Waals surface area contributed by atoms with Crippen LogP contribution in [0.4, 0.5) is 0 Å². The molecule has 0 aliphatic carbocycles. The summed E-state index contributed by atoms with van der Waals surface area (Å²) in [7, 11) is 0. The number of rotatable bonds is 6. The van der Waals surface area contributed by atoms with Gasteiger partial charge in [0.1, 0.15) is 17.8 Å². The van der Waals surface area contributed by atoms with Crippen molar-refractivity contribution in [1.29, 1.82) is 0 Å². The fraction of sp³-hybridized carbons (Fsp3) is 0.842.